The van der Waals surface area contributed by atoms with Gasteiger partial charge in [-0.25, -0.2) is 0 Å². The van der Waals surface area contributed by atoms with Gasteiger partial charge in [-0.2, -0.15) is 5.48 Å². The highest BCUT2D eigenvalue weighted by Crippen LogP contribution is 2.02. The second-order valence-electron chi connectivity index (χ2n) is 3.79. The van der Waals surface area contributed by atoms with Crippen molar-refractivity contribution in [2.45, 2.75) is 27.3 Å². The van der Waals surface area contributed by atoms with E-state index in [1.807, 2.05) is 19.1 Å². The molecule has 78 valence electrons. The number of nitrogens with zero attached hydrogens (tertiary/aromatic N) is 1. The van der Waals surface area contributed by atoms with Crippen LogP contribution in [-0.2, 0) is 11.4 Å². The molecule has 0 aliphatic carbocycles. The van der Waals surface area contributed by atoms with Gasteiger partial charge in [-0.3, -0.25) is 4.98 Å². The standard InChI is InChI=1S/C11H18N2O/c1-9(2)8-14-13-7-11-10(3)5-4-6-12-11/h4-6,9,13H,7-8H2,1-3H3. The minimum atomic E-state index is 0.548. The molecule has 0 unspecified atom stereocenters. The normalized spacial score (nSPS) is 10.9. The average Bonchev–Trinajstić information content (AvgIpc) is 2.15. The molecule has 0 aromatic carbocycles. The summed E-state index contributed by atoms with van der Waals surface area (Å²) in [6.45, 7) is 7.68. The van der Waals surface area contributed by atoms with Gasteiger partial charge in [-0.1, -0.05) is 19.9 Å². The molecule has 1 aromatic heterocycles. The van der Waals surface area contributed by atoms with E-state index in [2.05, 4.69) is 24.3 Å². The van der Waals surface area contributed by atoms with E-state index in [0.717, 1.165) is 12.3 Å². The predicted octanol–water partition coefficient (Wildman–Crippen LogP) is 2.07. The Morgan fingerprint density at radius 1 is 1.50 bits per heavy atom. The van der Waals surface area contributed by atoms with Crippen molar-refractivity contribution in [3.05, 3.63) is 29.6 Å². The third-order valence-electron chi connectivity index (χ3n) is 1.88. The van der Waals surface area contributed by atoms with Crippen LogP contribution in [0.15, 0.2) is 18.3 Å². The van der Waals surface area contributed by atoms with Crippen molar-refractivity contribution >= 4 is 0 Å². The first-order valence-electron chi connectivity index (χ1n) is 4.95. The molecule has 0 spiro atoms. The molecule has 14 heavy (non-hydrogen) atoms. The highest BCUT2D eigenvalue weighted by molar-refractivity contribution is 5.16. The molecule has 0 saturated heterocycles. The predicted molar refractivity (Wildman–Crippen MR) is 56.6 cm³/mol. The van der Waals surface area contributed by atoms with E-state index < -0.39 is 0 Å². The number of hydrogen-bond acceptors (Lipinski definition) is 3. The maximum absolute atomic E-state index is 5.26. The maximum atomic E-state index is 5.26. The summed E-state index contributed by atoms with van der Waals surface area (Å²) in [6.07, 6.45) is 1.80. The van der Waals surface area contributed by atoms with E-state index in [-0.39, 0.29) is 0 Å². The Balaban J connectivity index is 2.28. The molecule has 0 aliphatic rings. The molecular weight excluding hydrogens is 176 g/mol. The number of nitrogens with one attached hydrogen (secondary N) is 1. The number of pyridine rings is 1. The molecule has 1 rings (SSSR count). The highest BCUT2D eigenvalue weighted by Gasteiger charge is 1.98. The zero-order chi connectivity index (χ0) is 10.4. The lowest BCUT2D eigenvalue weighted by atomic mass is 10.2. The van der Waals surface area contributed by atoms with Crippen molar-refractivity contribution in [3.8, 4) is 0 Å². The summed E-state index contributed by atoms with van der Waals surface area (Å²) in [5.74, 6) is 0.548. The Bertz CT molecular complexity index is 274. The van der Waals surface area contributed by atoms with Gasteiger partial charge in [-0.15, -0.1) is 0 Å². The Kier molecular flexibility index (Phi) is 4.56. The van der Waals surface area contributed by atoms with Gasteiger partial charge >= 0.3 is 0 Å². The fraction of sp³-hybridized carbons (Fsp3) is 0.545. The van der Waals surface area contributed by atoms with Crippen LogP contribution in [-0.4, -0.2) is 11.6 Å². The number of hydrogen-bond donors (Lipinski definition) is 1. The molecule has 3 heteroatoms. The van der Waals surface area contributed by atoms with Gasteiger partial charge in [0.2, 0.25) is 0 Å². The van der Waals surface area contributed by atoms with Crippen molar-refractivity contribution in [1.82, 2.24) is 10.5 Å². The van der Waals surface area contributed by atoms with Crippen LogP contribution in [0.25, 0.3) is 0 Å². The Hall–Kier alpha value is -0.930. The molecule has 0 atom stereocenters. The summed E-state index contributed by atoms with van der Waals surface area (Å²) < 4.78 is 0. The molecule has 0 aliphatic heterocycles. The molecule has 0 saturated carbocycles. The monoisotopic (exact) mass is 194 g/mol. The SMILES string of the molecule is Cc1cccnc1CNOCC(C)C. The molecule has 3 nitrogen and oxygen atoms in total. The van der Waals surface area contributed by atoms with Crippen molar-refractivity contribution in [2.24, 2.45) is 5.92 Å². The molecule has 1 heterocycles. The summed E-state index contributed by atoms with van der Waals surface area (Å²) in [4.78, 5) is 9.52. The summed E-state index contributed by atoms with van der Waals surface area (Å²) >= 11 is 0. The van der Waals surface area contributed by atoms with Crippen molar-refractivity contribution < 1.29 is 4.84 Å². The lowest BCUT2D eigenvalue weighted by Gasteiger charge is -2.08. The molecule has 1 N–H and O–H groups in total. The number of rotatable bonds is 5. The fourth-order valence-corrected chi connectivity index (χ4v) is 1.05. The zero-order valence-corrected chi connectivity index (χ0v) is 9.08. The second-order valence-corrected chi connectivity index (χ2v) is 3.79. The largest absolute Gasteiger partial charge is 0.301 e. The van der Waals surface area contributed by atoms with E-state index in [1.54, 1.807) is 6.20 Å². The van der Waals surface area contributed by atoms with E-state index in [0.29, 0.717) is 12.5 Å². The van der Waals surface area contributed by atoms with Crippen molar-refractivity contribution in [3.63, 3.8) is 0 Å². The van der Waals surface area contributed by atoms with Crippen LogP contribution in [0.2, 0.25) is 0 Å². The van der Waals surface area contributed by atoms with Crippen LogP contribution in [0.1, 0.15) is 25.1 Å². The Morgan fingerprint density at radius 3 is 2.93 bits per heavy atom. The topological polar surface area (TPSA) is 34.2 Å². The van der Waals surface area contributed by atoms with Gasteiger partial charge in [0, 0.05) is 6.20 Å². The third-order valence-corrected chi connectivity index (χ3v) is 1.88. The second kappa shape index (κ2) is 5.73. The summed E-state index contributed by atoms with van der Waals surface area (Å²) in [5, 5.41) is 0. The Labute approximate surface area is 85.5 Å². The molecule has 0 fully saturated rings. The van der Waals surface area contributed by atoms with Crippen LogP contribution < -0.4 is 5.48 Å². The molecule has 0 radical (unpaired) electrons. The first kappa shape index (κ1) is 11.1. The number of hydroxylamine groups is 1. The fourth-order valence-electron chi connectivity index (χ4n) is 1.05. The lowest BCUT2D eigenvalue weighted by Crippen LogP contribution is -2.18. The van der Waals surface area contributed by atoms with Crippen LogP contribution in [0.5, 0.6) is 0 Å². The van der Waals surface area contributed by atoms with Gasteiger partial charge in [0.05, 0.1) is 18.8 Å². The van der Waals surface area contributed by atoms with Crippen LogP contribution in [0.4, 0.5) is 0 Å². The molecule has 0 amide bonds. The molecule has 1 aromatic rings. The van der Waals surface area contributed by atoms with Crippen LogP contribution in [0, 0.1) is 12.8 Å². The van der Waals surface area contributed by atoms with Crippen LogP contribution in [0.3, 0.4) is 0 Å². The van der Waals surface area contributed by atoms with Gasteiger partial charge < -0.3 is 4.84 Å². The lowest BCUT2D eigenvalue weighted by molar-refractivity contribution is 0.0189. The molecule has 0 bridgehead atoms. The quantitative estimate of drug-likeness (QED) is 0.575. The minimum absolute atomic E-state index is 0.548. The van der Waals surface area contributed by atoms with Gasteiger partial charge in [0.1, 0.15) is 0 Å². The first-order valence-corrected chi connectivity index (χ1v) is 4.95. The van der Waals surface area contributed by atoms with E-state index in [1.165, 1.54) is 5.56 Å². The van der Waals surface area contributed by atoms with E-state index in [4.69, 9.17) is 4.84 Å². The van der Waals surface area contributed by atoms with E-state index >= 15 is 0 Å². The van der Waals surface area contributed by atoms with Gasteiger partial charge in [0.15, 0.2) is 0 Å². The highest BCUT2D eigenvalue weighted by atomic mass is 16.6. The smallest absolute Gasteiger partial charge is 0.0705 e. The van der Waals surface area contributed by atoms with Gasteiger partial charge in [-0.05, 0) is 24.5 Å². The Morgan fingerprint density at radius 2 is 2.29 bits per heavy atom. The van der Waals surface area contributed by atoms with Crippen molar-refractivity contribution in [2.75, 3.05) is 6.61 Å². The summed E-state index contributed by atoms with van der Waals surface area (Å²) in [6, 6.07) is 3.99. The van der Waals surface area contributed by atoms with Gasteiger partial charge in [0.25, 0.3) is 0 Å². The third kappa shape index (κ3) is 3.85. The maximum Gasteiger partial charge on any atom is 0.0705 e. The number of aromatic nitrogens is 1. The minimum Gasteiger partial charge on any atom is -0.301 e. The summed E-state index contributed by atoms with van der Waals surface area (Å²) in [7, 11) is 0. The van der Waals surface area contributed by atoms with Crippen molar-refractivity contribution in [1.29, 1.82) is 0 Å². The van der Waals surface area contributed by atoms with Crippen LogP contribution >= 0.6 is 0 Å². The zero-order valence-electron chi connectivity index (χ0n) is 9.08. The summed E-state index contributed by atoms with van der Waals surface area (Å²) in [5.41, 5.74) is 5.14. The first-order chi connectivity index (χ1) is 6.70. The molecular formula is C11H18N2O. The van der Waals surface area contributed by atoms with E-state index in [9.17, 15) is 0 Å². The average molecular weight is 194 g/mol. The number of aryl methyl sites for hydroxylation is 1.